The summed E-state index contributed by atoms with van der Waals surface area (Å²) in [6, 6.07) is 9.10. The number of nitrogens with one attached hydrogen (secondary N) is 1. The zero-order chi connectivity index (χ0) is 16.0. The van der Waals surface area contributed by atoms with E-state index in [-0.39, 0.29) is 0 Å². The van der Waals surface area contributed by atoms with Gasteiger partial charge in [-0.2, -0.15) is 0 Å². The summed E-state index contributed by atoms with van der Waals surface area (Å²) in [6.07, 6.45) is 1.88. The van der Waals surface area contributed by atoms with Gasteiger partial charge in [0.25, 0.3) is 0 Å². The fourth-order valence-electron chi connectivity index (χ4n) is 3.07. The Kier molecular flexibility index (Phi) is 3.51. The van der Waals surface area contributed by atoms with Crippen molar-refractivity contribution < 1.29 is 4.79 Å². The van der Waals surface area contributed by atoms with Crippen LogP contribution in [-0.4, -0.2) is 22.4 Å². The van der Waals surface area contributed by atoms with Gasteiger partial charge in [-0.15, -0.1) is 0 Å². The molecule has 1 aliphatic heterocycles. The van der Waals surface area contributed by atoms with Crippen LogP contribution >= 0.6 is 23.2 Å². The van der Waals surface area contributed by atoms with E-state index in [9.17, 15) is 4.79 Å². The van der Waals surface area contributed by atoms with Crippen molar-refractivity contribution in [1.29, 1.82) is 0 Å². The molecule has 23 heavy (non-hydrogen) atoms. The van der Waals surface area contributed by atoms with E-state index in [1.165, 1.54) is 0 Å². The molecule has 0 spiro atoms. The Morgan fingerprint density at radius 3 is 2.78 bits per heavy atom. The minimum atomic E-state index is 0.566. The van der Waals surface area contributed by atoms with Crippen LogP contribution in [0.5, 0.6) is 0 Å². The van der Waals surface area contributed by atoms with Gasteiger partial charge < -0.3 is 9.88 Å². The topological polar surface area (TPSA) is 46.9 Å². The molecule has 4 nitrogen and oxygen atoms in total. The molecule has 2 heterocycles. The molecule has 4 rings (SSSR count). The largest absolute Gasteiger partial charge is 0.356 e. The smallest absolute Gasteiger partial charge is 0.203 e. The number of aryl methyl sites for hydroxylation is 1. The highest BCUT2D eigenvalue weighted by Crippen LogP contribution is 2.37. The van der Waals surface area contributed by atoms with Gasteiger partial charge in [-0.25, -0.2) is 4.98 Å². The Morgan fingerprint density at radius 2 is 2.00 bits per heavy atom. The van der Waals surface area contributed by atoms with Gasteiger partial charge in [0.1, 0.15) is 0 Å². The lowest BCUT2D eigenvalue weighted by molar-refractivity contribution is 0.112. The lowest BCUT2D eigenvalue weighted by Gasteiger charge is -2.16. The van der Waals surface area contributed by atoms with Crippen molar-refractivity contribution in [3.8, 4) is 11.1 Å². The number of nitrogens with zero attached hydrogens (tertiary/aromatic N) is 2. The number of carbonyl (C=O) groups excluding carboxylic acids is 1. The first-order valence-electron chi connectivity index (χ1n) is 7.37. The quantitative estimate of drug-likeness (QED) is 0.688. The molecule has 0 amide bonds. The number of imidazole rings is 1. The number of anilines is 1. The predicted octanol–water partition coefficient (Wildman–Crippen LogP) is 4.64. The zero-order valence-electron chi connectivity index (χ0n) is 12.1. The fraction of sp³-hybridized carbons (Fsp3) is 0.176. The van der Waals surface area contributed by atoms with Crippen LogP contribution < -0.4 is 5.32 Å². The predicted molar refractivity (Wildman–Crippen MR) is 93.7 cm³/mol. The summed E-state index contributed by atoms with van der Waals surface area (Å²) in [5, 5.41) is 4.44. The van der Waals surface area contributed by atoms with Gasteiger partial charge in [0.15, 0.2) is 6.29 Å². The van der Waals surface area contributed by atoms with Crippen molar-refractivity contribution >= 4 is 46.5 Å². The normalized spacial score (nSPS) is 13.7. The van der Waals surface area contributed by atoms with Crippen molar-refractivity contribution in [2.24, 2.45) is 0 Å². The summed E-state index contributed by atoms with van der Waals surface area (Å²) in [5.74, 6) is 0.798. The second-order valence-electron chi connectivity index (χ2n) is 5.51. The van der Waals surface area contributed by atoms with Crippen LogP contribution in [0.3, 0.4) is 0 Å². The first-order valence-corrected chi connectivity index (χ1v) is 8.12. The van der Waals surface area contributed by atoms with Crippen molar-refractivity contribution in [2.75, 3.05) is 11.9 Å². The number of aldehydes is 1. The second kappa shape index (κ2) is 5.55. The summed E-state index contributed by atoms with van der Waals surface area (Å²) in [4.78, 5) is 16.2. The third-order valence-corrected chi connectivity index (χ3v) is 4.66. The van der Waals surface area contributed by atoms with Crippen molar-refractivity contribution in [3.63, 3.8) is 0 Å². The molecular formula is C17H13Cl2N3O. The molecule has 116 valence electrons. The standard InChI is InChI=1S/C17H13Cl2N3O/c18-11-3-5-12(14(19)8-11)13-4-2-10(9-23)16-15(13)21-17-20-6-1-7-22(16)17/h2-5,8-9H,1,6-7H2,(H,20,21). The molecule has 0 radical (unpaired) electrons. The molecule has 0 aliphatic carbocycles. The molecule has 0 unspecified atom stereocenters. The highest BCUT2D eigenvalue weighted by Gasteiger charge is 2.20. The lowest BCUT2D eigenvalue weighted by Crippen LogP contribution is -2.17. The minimum Gasteiger partial charge on any atom is -0.356 e. The summed E-state index contributed by atoms with van der Waals surface area (Å²) in [7, 11) is 0. The summed E-state index contributed by atoms with van der Waals surface area (Å²) >= 11 is 12.4. The Morgan fingerprint density at radius 1 is 1.17 bits per heavy atom. The van der Waals surface area contributed by atoms with Crippen LogP contribution in [0.25, 0.3) is 22.2 Å². The van der Waals surface area contributed by atoms with Gasteiger partial charge in [0.2, 0.25) is 5.95 Å². The van der Waals surface area contributed by atoms with E-state index in [1.54, 1.807) is 12.1 Å². The average Bonchev–Trinajstić information content (AvgIpc) is 2.94. The van der Waals surface area contributed by atoms with E-state index < -0.39 is 0 Å². The summed E-state index contributed by atoms with van der Waals surface area (Å²) < 4.78 is 2.07. The number of aromatic nitrogens is 2. The number of benzene rings is 2. The van der Waals surface area contributed by atoms with Gasteiger partial charge in [0.05, 0.1) is 11.0 Å². The number of carbonyl (C=O) groups is 1. The van der Waals surface area contributed by atoms with Gasteiger partial charge in [0, 0.05) is 39.8 Å². The van der Waals surface area contributed by atoms with Gasteiger partial charge >= 0.3 is 0 Å². The minimum absolute atomic E-state index is 0.566. The van der Waals surface area contributed by atoms with Crippen molar-refractivity contribution in [3.05, 3.63) is 45.9 Å². The molecule has 0 saturated heterocycles. The third-order valence-electron chi connectivity index (χ3n) is 4.12. The number of hydrogen-bond acceptors (Lipinski definition) is 3. The second-order valence-corrected chi connectivity index (χ2v) is 6.35. The van der Waals surface area contributed by atoms with Crippen LogP contribution in [0.1, 0.15) is 16.8 Å². The molecule has 0 atom stereocenters. The Labute approximate surface area is 143 Å². The highest BCUT2D eigenvalue weighted by molar-refractivity contribution is 6.36. The van der Waals surface area contributed by atoms with Crippen LogP contribution in [0.2, 0.25) is 10.0 Å². The van der Waals surface area contributed by atoms with E-state index in [4.69, 9.17) is 28.2 Å². The maximum Gasteiger partial charge on any atom is 0.203 e. The van der Waals surface area contributed by atoms with Crippen LogP contribution in [0, 0.1) is 0 Å². The molecule has 1 N–H and O–H groups in total. The highest BCUT2D eigenvalue weighted by atomic mass is 35.5. The molecule has 1 aromatic heterocycles. The molecule has 3 aromatic rings. The van der Waals surface area contributed by atoms with E-state index in [0.717, 1.165) is 53.9 Å². The molecule has 0 bridgehead atoms. The maximum absolute atomic E-state index is 11.5. The third kappa shape index (κ3) is 2.30. The Hall–Kier alpha value is -2.04. The maximum atomic E-state index is 11.5. The van der Waals surface area contributed by atoms with E-state index in [0.29, 0.717) is 15.6 Å². The lowest BCUT2D eigenvalue weighted by atomic mass is 10.0. The molecular weight excluding hydrogens is 333 g/mol. The van der Waals surface area contributed by atoms with Crippen LogP contribution in [0.4, 0.5) is 5.95 Å². The van der Waals surface area contributed by atoms with Crippen LogP contribution in [-0.2, 0) is 6.54 Å². The molecule has 0 fully saturated rings. The first-order chi connectivity index (χ1) is 11.2. The molecule has 0 saturated carbocycles. The number of halogens is 2. The number of hydrogen-bond donors (Lipinski definition) is 1. The molecule has 6 heteroatoms. The van der Waals surface area contributed by atoms with Crippen molar-refractivity contribution in [1.82, 2.24) is 9.55 Å². The van der Waals surface area contributed by atoms with Gasteiger partial charge in [-0.05, 0) is 24.6 Å². The van der Waals surface area contributed by atoms with E-state index in [2.05, 4.69) is 9.88 Å². The van der Waals surface area contributed by atoms with Crippen molar-refractivity contribution in [2.45, 2.75) is 13.0 Å². The Balaban J connectivity index is 2.05. The van der Waals surface area contributed by atoms with E-state index >= 15 is 0 Å². The first kappa shape index (κ1) is 14.5. The van der Waals surface area contributed by atoms with Gasteiger partial charge in [-0.1, -0.05) is 35.3 Å². The van der Waals surface area contributed by atoms with Gasteiger partial charge in [-0.3, -0.25) is 4.79 Å². The number of fused-ring (bicyclic) bond motifs is 3. The number of rotatable bonds is 2. The fourth-order valence-corrected chi connectivity index (χ4v) is 3.58. The summed E-state index contributed by atoms with van der Waals surface area (Å²) in [6.45, 7) is 1.73. The zero-order valence-corrected chi connectivity index (χ0v) is 13.7. The Bertz CT molecular complexity index is 933. The monoisotopic (exact) mass is 345 g/mol. The average molecular weight is 346 g/mol. The van der Waals surface area contributed by atoms with Crippen LogP contribution in [0.15, 0.2) is 30.3 Å². The van der Waals surface area contributed by atoms with E-state index in [1.807, 2.05) is 18.2 Å². The molecule has 1 aliphatic rings. The molecule has 2 aromatic carbocycles. The summed E-state index contributed by atoms with van der Waals surface area (Å²) in [5.41, 5.74) is 4.02. The SMILES string of the molecule is O=Cc1ccc(-c2ccc(Cl)cc2Cl)c2nc3n(c12)CCCN3.